The number of aryl methyl sites for hydroxylation is 2. The first-order valence-electron chi connectivity index (χ1n) is 6.40. The van der Waals surface area contributed by atoms with Crippen molar-refractivity contribution >= 4 is 0 Å². The van der Waals surface area contributed by atoms with Crippen LogP contribution >= 0.6 is 0 Å². The van der Waals surface area contributed by atoms with Crippen molar-refractivity contribution in [2.45, 2.75) is 32.7 Å². The van der Waals surface area contributed by atoms with Crippen LogP contribution in [0.3, 0.4) is 0 Å². The van der Waals surface area contributed by atoms with Gasteiger partial charge in [0, 0.05) is 31.7 Å². The van der Waals surface area contributed by atoms with E-state index in [1.54, 1.807) is 0 Å². The summed E-state index contributed by atoms with van der Waals surface area (Å²) >= 11 is 0. The molecule has 1 aromatic heterocycles. The first-order chi connectivity index (χ1) is 8.02. The van der Waals surface area contributed by atoms with Crippen LogP contribution in [0.5, 0.6) is 0 Å². The normalized spacial score (nSPS) is 13.3. The first-order valence-corrected chi connectivity index (χ1v) is 6.40. The molecule has 0 amide bonds. The van der Waals surface area contributed by atoms with Gasteiger partial charge in [-0.1, -0.05) is 6.92 Å². The Labute approximate surface area is 105 Å². The average molecular weight is 238 g/mol. The van der Waals surface area contributed by atoms with Crippen LogP contribution in [-0.2, 0) is 13.5 Å². The third kappa shape index (κ3) is 4.88. The van der Waals surface area contributed by atoms with Crippen molar-refractivity contribution in [1.82, 2.24) is 20.0 Å². The minimum Gasteiger partial charge on any atom is -0.312 e. The van der Waals surface area contributed by atoms with Gasteiger partial charge in [-0.15, -0.1) is 0 Å². The molecule has 0 bridgehead atoms. The predicted molar refractivity (Wildman–Crippen MR) is 72.3 cm³/mol. The molecule has 0 spiro atoms. The molecular weight excluding hydrogens is 212 g/mol. The van der Waals surface area contributed by atoms with Crippen molar-refractivity contribution < 1.29 is 0 Å². The molecule has 1 unspecified atom stereocenters. The number of nitrogens with zero attached hydrogens (tertiary/aromatic N) is 3. The molecule has 1 rings (SSSR count). The van der Waals surface area contributed by atoms with Crippen molar-refractivity contribution in [2.75, 3.05) is 27.2 Å². The zero-order valence-electron chi connectivity index (χ0n) is 11.8. The molecule has 0 fully saturated rings. The Balaban J connectivity index is 2.61. The lowest BCUT2D eigenvalue weighted by atomic mass is 10.1. The van der Waals surface area contributed by atoms with E-state index in [0.717, 1.165) is 25.2 Å². The minimum absolute atomic E-state index is 0.500. The molecule has 4 heteroatoms. The Morgan fingerprint density at radius 3 is 2.65 bits per heavy atom. The highest BCUT2D eigenvalue weighted by Crippen LogP contribution is 2.06. The van der Waals surface area contributed by atoms with Crippen molar-refractivity contribution in [3.63, 3.8) is 0 Å². The number of hydrogen-bond donors (Lipinski definition) is 1. The zero-order chi connectivity index (χ0) is 12.8. The van der Waals surface area contributed by atoms with Gasteiger partial charge in [0.15, 0.2) is 0 Å². The molecule has 1 heterocycles. The van der Waals surface area contributed by atoms with Crippen LogP contribution < -0.4 is 5.32 Å². The molecule has 0 aliphatic carbocycles. The number of rotatable bonds is 7. The van der Waals surface area contributed by atoms with E-state index in [1.807, 2.05) is 18.7 Å². The fourth-order valence-corrected chi connectivity index (χ4v) is 2.10. The van der Waals surface area contributed by atoms with Gasteiger partial charge in [0.1, 0.15) is 0 Å². The summed E-state index contributed by atoms with van der Waals surface area (Å²) in [5, 5.41) is 8.00. The average Bonchev–Trinajstić information content (AvgIpc) is 2.53. The van der Waals surface area contributed by atoms with Crippen LogP contribution in [0.25, 0.3) is 0 Å². The van der Waals surface area contributed by atoms with Crippen molar-refractivity contribution in [3.8, 4) is 0 Å². The van der Waals surface area contributed by atoms with E-state index in [4.69, 9.17) is 0 Å². The lowest BCUT2D eigenvalue weighted by Crippen LogP contribution is -2.40. The monoisotopic (exact) mass is 238 g/mol. The highest BCUT2D eigenvalue weighted by atomic mass is 15.3. The second-order valence-electron chi connectivity index (χ2n) is 5.02. The fraction of sp³-hybridized carbons (Fsp3) is 0.769. The quantitative estimate of drug-likeness (QED) is 0.775. The van der Waals surface area contributed by atoms with Crippen LogP contribution in [0.1, 0.15) is 24.7 Å². The summed E-state index contributed by atoms with van der Waals surface area (Å²) < 4.78 is 1.99. The van der Waals surface area contributed by atoms with Crippen LogP contribution in [0.2, 0.25) is 0 Å². The Morgan fingerprint density at radius 2 is 2.18 bits per heavy atom. The third-order valence-electron chi connectivity index (χ3n) is 2.82. The number of aromatic nitrogens is 2. The van der Waals surface area contributed by atoms with Crippen LogP contribution in [0.4, 0.5) is 0 Å². The van der Waals surface area contributed by atoms with Gasteiger partial charge in [0.2, 0.25) is 0 Å². The highest BCUT2D eigenvalue weighted by molar-refractivity contribution is 5.10. The molecule has 0 aromatic carbocycles. The molecule has 17 heavy (non-hydrogen) atoms. The Hall–Kier alpha value is -0.870. The third-order valence-corrected chi connectivity index (χ3v) is 2.82. The molecule has 4 nitrogen and oxygen atoms in total. The van der Waals surface area contributed by atoms with Crippen molar-refractivity contribution in [2.24, 2.45) is 7.05 Å². The number of nitrogens with one attached hydrogen (secondary N) is 1. The van der Waals surface area contributed by atoms with Crippen molar-refractivity contribution in [3.05, 3.63) is 17.5 Å². The summed E-state index contributed by atoms with van der Waals surface area (Å²) in [7, 11) is 6.26. The molecular formula is C13H26N4. The van der Waals surface area contributed by atoms with Gasteiger partial charge in [-0.3, -0.25) is 4.68 Å². The molecule has 0 aliphatic heterocycles. The Morgan fingerprint density at radius 1 is 1.47 bits per heavy atom. The molecule has 0 saturated carbocycles. The molecule has 0 saturated heterocycles. The summed E-state index contributed by atoms with van der Waals surface area (Å²) in [5.41, 5.74) is 2.40. The van der Waals surface area contributed by atoms with Gasteiger partial charge >= 0.3 is 0 Å². The van der Waals surface area contributed by atoms with Gasteiger partial charge in [0.25, 0.3) is 0 Å². The highest BCUT2D eigenvalue weighted by Gasteiger charge is 2.12. The summed E-state index contributed by atoms with van der Waals surface area (Å²) in [5.74, 6) is 0. The van der Waals surface area contributed by atoms with E-state index < -0.39 is 0 Å². The van der Waals surface area contributed by atoms with Crippen molar-refractivity contribution in [1.29, 1.82) is 0 Å². The summed E-state index contributed by atoms with van der Waals surface area (Å²) in [6, 6.07) is 2.68. The summed E-state index contributed by atoms with van der Waals surface area (Å²) in [6.07, 6.45) is 2.21. The molecule has 1 N–H and O–H groups in total. The molecule has 0 radical (unpaired) electrons. The second kappa shape index (κ2) is 6.77. The van der Waals surface area contributed by atoms with Crippen LogP contribution in [0.15, 0.2) is 6.07 Å². The molecule has 0 aliphatic rings. The van der Waals surface area contributed by atoms with E-state index in [9.17, 15) is 0 Å². The maximum atomic E-state index is 4.40. The predicted octanol–water partition coefficient (Wildman–Crippen LogP) is 1.20. The van der Waals surface area contributed by atoms with Gasteiger partial charge in [0.05, 0.1) is 5.69 Å². The zero-order valence-corrected chi connectivity index (χ0v) is 11.8. The van der Waals surface area contributed by atoms with E-state index in [0.29, 0.717) is 6.04 Å². The number of hydrogen-bond acceptors (Lipinski definition) is 3. The summed E-state index contributed by atoms with van der Waals surface area (Å²) in [6.45, 7) is 6.39. The maximum absolute atomic E-state index is 4.40. The summed E-state index contributed by atoms with van der Waals surface area (Å²) in [4.78, 5) is 2.23. The Kier molecular flexibility index (Phi) is 5.65. The van der Waals surface area contributed by atoms with E-state index >= 15 is 0 Å². The maximum Gasteiger partial charge on any atom is 0.0596 e. The SMILES string of the molecule is CCCNC(Cc1cc(C)nn1C)CN(C)C. The van der Waals surface area contributed by atoms with Gasteiger partial charge in [-0.2, -0.15) is 5.10 Å². The topological polar surface area (TPSA) is 33.1 Å². The standard InChI is InChI=1S/C13H26N4/c1-6-7-14-12(10-16(3)4)9-13-8-11(2)15-17(13)5/h8,12,14H,6-7,9-10H2,1-5H3. The van der Waals surface area contributed by atoms with Gasteiger partial charge in [-0.25, -0.2) is 0 Å². The molecule has 1 aromatic rings. The van der Waals surface area contributed by atoms with E-state index in [-0.39, 0.29) is 0 Å². The smallest absolute Gasteiger partial charge is 0.0596 e. The fourth-order valence-electron chi connectivity index (χ4n) is 2.10. The minimum atomic E-state index is 0.500. The number of likely N-dealkylation sites (N-methyl/N-ethyl adjacent to an activating group) is 1. The first kappa shape index (κ1) is 14.2. The van der Waals surface area contributed by atoms with Gasteiger partial charge < -0.3 is 10.2 Å². The van der Waals surface area contributed by atoms with E-state index in [1.165, 1.54) is 12.1 Å². The molecule has 1 atom stereocenters. The Bertz CT molecular complexity index is 330. The lowest BCUT2D eigenvalue weighted by Gasteiger charge is -2.22. The van der Waals surface area contributed by atoms with Crippen LogP contribution in [-0.4, -0.2) is 47.9 Å². The second-order valence-corrected chi connectivity index (χ2v) is 5.02. The molecule has 98 valence electrons. The lowest BCUT2D eigenvalue weighted by molar-refractivity contribution is 0.333. The van der Waals surface area contributed by atoms with E-state index in [2.05, 4.69) is 42.4 Å². The van der Waals surface area contributed by atoms with Crippen LogP contribution in [0, 0.1) is 6.92 Å². The largest absolute Gasteiger partial charge is 0.312 e. The van der Waals surface area contributed by atoms with Gasteiger partial charge in [-0.05, 0) is 40.1 Å².